The van der Waals surface area contributed by atoms with E-state index >= 15 is 0 Å². The molecule has 2 rings (SSSR count). The Morgan fingerprint density at radius 3 is 1.93 bits per heavy atom. The summed E-state index contributed by atoms with van der Waals surface area (Å²) in [7, 11) is 0. The number of aldehydes is 1. The van der Waals surface area contributed by atoms with Gasteiger partial charge >= 0.3 is 6.09 Å². The fourth-order valence-corrected chi connectivity index (χ4v) is 3.03. The molecule has 0 unspecified atom stereocenters. The Balaban J connectivity index is 2.09. The van der Waals surface area contributed by atoms with Gasteiger partial charge in [-0.1, -0.05) is 60.7 Å². The van der Waals surface area contributed by atoms with Crippen molar-refractivity contribution < 1.29 is 19.1 Å². The third-order valence-corrected chi connectivity index (χ3v) is 4.36. The molecule has 1 amide bonds. The molecule has 0 aliphatic carbocycles. The zero-order valence-corrected chi connectivity index (χ0v) is 17.3. The Labute approximate surface area is 172 Å². The van der Waals surface area contributed by atoms with E-state index in [9.17, 15) is 14.4 Å². The Hall–Kier alpha value is -2.95. The summed E-state index contributed by atoms with van der Waals surface area (Å²) in [4.78, 5) is 36.8. The van der Waals surface area contributed by atoms with Gasteiger partial charge in [0.15, 0.2) is 5.78 Å². The largest absolute Gasteiger partial charge is 0.444 e. The van der Waals surface area contributed by atoms with Gasteiger partial charge in [-0.25, -0.2) is 4.79 Å². The van der Waals surface area contributed by atoms with Crippen LogP contribution >= 0.6 is 0 Å². The van der Waals surface area contributed by atoms with Crippen molar-refractivity contribution in [1.29, 1.82) is 0 Å². The summed E-state index contributed by atoms with van der Waals surface area (Å²) >= 11 is 0. The van der Waals surface area contributed by atoms with Gasteiger partial charge in [0, 0.05) is 12.3 Å². The van der Waals surface area contributed by atoms with Crippen LogP contribution < -0.4 is 5.32 Å². The number of alkyl carbamates (subject to hydrolysis) is 1. The molecule has 0 heterocycles. The normalized spacial score (nSPS) is 13.2. The SMILES string of the molecule is CC(C)(C)OC(=O)N[C@@H](Cc1ccccc1)C(=O)C[C@H](C=O)Cc1ccccc1. The Bertz CT molecular complexity index is 797. The quantitative estimate of drug-likeness (QED) is 0.648. The number of ether oxygens (including phenoxy) is 1. The van der Waals surface area contributed by atoms with Gasteiger partial charge in [-0.15, -0.1) is 0 Å². The van der Waals surface area contributed by atoms with E-state index < -0.39 is 23.7 Å². The lowest BCUT2D eigenvalue weighted by Crippen LogP contribution is -2.45. The number of rotatable bonds is 9. The van der Waals surface area contributed by atoms with E-state index in [1.807, 2.05) is 60.7 Å². The summed E-state index contributed by atoms with van der Waals surface area (Å²) in [5.74, 6) is -0.628. The van der Waals surface area contributed by atoms with Crippen LogP contribution in [-0.4, -0.2) is 29.8 Å². The third-order valence-electron chi connectivity index (χ3n) is 4.36. The number of hydrogen-bond acceptors (Lipinski definition) is 4. The fraction of sp³-hybridized carbons (Fsp3) is 0.375. The van der Waals surface area contributed by atoms with Crippen molar-refractivity contribution in [3.63, 3.8) is 0 Å². The fourth-order valence-electron chi connectivity index (χ4n) is 3.03. The van der Waals surface area contributed by atoms with E-state index in [0.717, 1.165) is 17.4 Å². The lowest BCUT2D eigenvalue weighted by atomic mass is 9.91. The van der Waals surface area contributed by atoms with E-state index in [0.29, 0.717) is 12.8 Å². The van der Waals surface area contributed by atoms with Gasteiger partial charge < -0.3 is 14.8 Å². The molecule has 0 saturated carbocycles. The maximum atomic E-state index is 13.0. The molecule has 5 heteroatoms. The lowest BCUT2D eigenvalue weighted by Gasteiger charge is -2.24. The van der Waals surface area contributed by atoms with Crippen molar-refractivity contribution in [3.05, 3.63) is 71.8 Å². The van der Waals surface area contributed by atoms with Crippen LogP contribution in [0.2, 0.25) is 0 Å². The molecule has 0 spiro atoms. The number of nitrogens with one attached hydrogen (secondary N) is 1. The summed E-state index contributed by atoms with van der Waals surface area (Å²) in [5, 5.41) is 2.69. The molecule has 0 radical (unpaired) electrons. The standard InChI is InChI=1S/C24H29NO4/c1-24(2,3)29-23(28)25-21(15-19-12-8-5-9-13-19)22(27)16-20(17-26)14-18-10-6-4-7-11-18/h4-13,17,20-21H,14-16H2,1-3H3,(H,25,28)/t20-,21+/m1/s1. The van der Waals surface area contributed by atoms with Crippen molar-refractivity contribution in [1.82, 2.24) is 5.32 Å². The second-order valence-electron chi connectivity index (χ2n) is 8.14. The van der Waals surface area contributed by atoms with Crippen LogP contribution in [0.15, 0.2) is 60.7 Å². The molecule has 0 saturated heterocycles. The molecule has 2 atom stereocenters. The van der Waals surface area contributed by atoms with Gasteiger partial charge in [0.2, 0.25) is 0 Å². The first-order valence-corrected chi connectivity index (χ1v) is 9.82. The van der Waals surface area contributed by atoms with Crippen molar-refractivity contribution in [3.8, 4) is 0 Å². The molecule has 0 aromatic heterocycles. The van der Waals surface area contributed by atoms with Gasteiger partial charge in [0.25, 0.3) is 0 Å². The number of carbonyl (C=O) groups excluding carboxylic acids is 3. The average Bonchev–Trinajstić information content (AvgIpc) is 2.67. The maximum absolute atomic E-state index is 13.0. The highest BCUT2D eigenvalue weighted by molar-refractivity contribution is 5.89. The van der Waals surface area contributed by atoms with Gasteiger partial charge in [-0.2, -0.15) is 0 Å². The molecule has 2 aromatic carbocycles. The van der Waals surface area contributed by atoms with Crippen LogP contribution in [0.3, 0.4) is 0 Å². The van der Waals surface area contributed by atoms with Gasteiger partial charge in [-0.05, 0) is 44.7 Å². The van der Waals surface area contributed by atoms with Gasteiger partial charge in [0.1, 0.15) is 11.9 Å². The molecule has 154 valence electrons. The number of carbonyl (C=O) groups is 3. The first kappa shape index (κ1) is 22.3. The third kappa shape index (κ3) is 8.30. The lowest BCUT2D eigenvalue weighted by molar-refractivity contribution is -0.124. The van der Waals surface area contributed by atoms with Crippen LogP contribution in [0.4, 0.5) is 4.79 Å². The zero-order chi connectivity index (χ0) is 21.3. The van der Waals surface area contributed by atoms with E-state index in [-0.39, 0.29) is 12.2 Å². The minimum Gasteiger partial charge on any atom is -0.444 e. The van der Waals surface area contributed by atoms with E-state index in [1.54, 1.807) is 20.8 Å². The molecule has 5 nitrogen and oxygen atoms in total. The van der Waals surface area contributed by atoms with Crippen LogP contribution in [-0.2, 0) is 27.2 Å². The van der Waals surface area contributed by atoms with Crippen molar-refractivity contribution >= 4 is 18.2 Å². The van der Waals surface area contributed by atoms with Crippen LogP contribution in [0, 0.1) is 5.92 Å². The first-order chi connectivity index (χ1) is 13.8. The minimum absolute atomic E-state index is 0.0612. The predicted molar refractivity (Wildman–Crippen MR) is 113 cm³/mol. The summed E-state index contributed by atoms with van der Waals surface area (Å²) < 4.78 is 5.31. The predicted octanol–water partition coefficient (Wildman–Crippen LogP) is 4.14. The van der Waals surface area contributed by atoms with Crippen LogP contribution in [0.25, 0.3) is 0 Å². The van der Waals surface area contributed by atoms with E-state index in [4.69, 9.17) is 4.74 Å². The Morgan fingerprint density at radius 2 is 1.45 bits per heavy atom. The maximum Gasteiger partial charge on any atom is 0.408 e. The van der Waals surface area contributed by atoms with Gasteiger partial charge in [0.05, 0.1) is 6.04 Å². The summed E-state index contributed by atoms with van der Waals surface area (Å²) in [6.07, 6.45) is 1.07. The number of amides is 1. The molecule has 0 bridgehead atoms. The van der Waals surface area contributed by atoms with Gasteiger partial charge in [-0.3, -0.25) is 4.79 Å². The van der Waals surface area contributed by atoms with Crippen molar-refractivity contribution in [2.24, 2.45) is 5.92 Å². The van der Waals surface area contributed by atoms with Crippen molar-refractivity contribution in [2.75, 3.05) is 0 Å². The smallest absolute Gasteiger partial charge is 0.408 e. The number of ketones is 1. The minimum atomic E-state index is -0.759. The molecular formula is C24H29NO4. The second-order valence-corrected chi connectivity index (χ2v) is 8.14. The second kappa shape index (κ2) is 10.6. The number of hydrogen-bond donors (Lipinski definition) is 1. The molecule has 0 aliphatic rings. The molecule has 1 N–H and O–H groups in total. The zero-order valence-electron chi connectivity index (χ0n) is 17.3. The number of Topliss-reactive ketones (excluding diaryl/α,β-unsaturated/α-hetero) is 1. The van der Waals surface area contributed by atoms with Crippen LogP contribution in [0.1, 0.15) is 38.3 Å². The number of benzene rings is 2. The molecule has 0 fully saturated rings. The first-order valence-electron chi connectivity index (χ1n) is 9.82. The van der Waals surface area contributed by atoms with E-state index in [2.05, 4.69) is 5.32 Å². The molecular weight excluding hydrogens is 366 g/mol. The topological polar surface area (TPSA) is 72.5 Å². The highest BCUT2D eigenvalue weighted by atomic mass is 16.6. The molecule has 0 aliphatic heterocycles. The van der Waals surface area contributed by atoms with Crippen molar-refractivity contribution in [2.45, 2.75) is 51.7 Å². The van der Waals surface area contributed by atoms with E-state index in [1.165, 1.54) is 0 Å². The average molecular weight is 395 g/mol. The Kier molecular flexibility index (Phi) is 8.13. The summed E-state index contributed by atoms with van der Waals surface area (Å²) in [6, 6.07) is 18.3. The summed E-state index contributed by atoms with van der Waals surface area (Å²) in [5.41, 5.74) is 1.26. The highest BCUT2D eigenvalue weighted by Crippen LogP contribution is 2.15. The highest BCUT2D eigenvalue weighted by Gasteiger charge is 2.26. The molecule has 2 aromatic rings. The monoisotopic (exact) mass is 395 g/mol. The Morgan fingerprint density at radius 1 is 0.931 bits per heavy atom. The molecule has 29 heavy (non-hydrogen) atoms. The van der Waals surface area contributed by atoms with Crippen LogP contribution in [0.5, 0.6) is 0 Å². The summed E-state index contributed by atoms with van der Waals surface area (Å²) in [6.45, 7) is 5.30.